The topological polar surface area (TPSA) is 13.1 Å². The van der Waals surface area contributed by atoms with E-state index < -0.39 is 0 Å². The number of hydrogen-bond donors (Lipinski definition) is 0. The minimum Gasteiger partial charge on any atom is -0.310 e. The van der Waals surface area contributed by atoms with E-state index in [9.17, 15) is 0 Å². The Hall–Kier alpha value is -7.62. The molecule has 0 radical (unpaired) electrons. The number of anilines is 3. The summed E-state index contributed by atoms with van der Waals surface area (Å²) in [6.45, 7) is 0. The third-order valence-electron chi connectivity index (χ3n) is 12.4. The van der Waals surface area contributed by atoms with Gasteiger partial charge in [-0.1, -0.05) is 127 Å². The second-order valence-electron chi connectivity index (χ2n) is 15.7. The first kappa shape index (κ1) is 33.5. The summed E-state index contributed by atoms with van der Waals surface area (Å²) in [4.78, 5) is 2.48. The molecule has 0 aliphatic carbocycles. The molecule has 0 saturated heterocycles. The van der Waals surface area contributed by atoms with Gasteiger partial charge in [0.1, 0.15) is 0 Å². The van der Waals surface area contributed by atoms with Crippen LogP contribution >= 0.6 is 0 Å². The maximum Gasteiger partial charge on any atom is 0.0544 e. The molecule has 3 nitrogen and oxygen atoms in total. The molecule has 59 heavy (non-hydrogen) atoms. The van der Waals surface area contributed by atoms with Gasteiger partial charge in [-0.05, 0) is 118 Å². The van der Waals surface area contributed by atoms with E-state index in [1.54, 1.807) is 0 Å². The van der Waals surface area contributed by atoms with Gasteiger partial charge in [0, 0.05) is 62.8 Å². The zero-order chi connectivity index (χ0) is 38.9. The molecule has 0 fully saturated rings. The number of nitrogens with zero attached hydrogens (tertiary/aromatic N) is 3. The van der Waals surface area contributed by atoms with Crippen LogP contribution in [0, 0.1) is 0 Å². The van der Waals surface area contributed by atoms with Gasteiger partial charge in [-0.2, -0.15) is 0 Å². The lowest BCUT2D eigenvalue weighted by atomic mass is 9.87. The Morgan fingerprint density at radius 3 is 1.10 bits per heavy atom. The van der Waals surface area contributed by atoms with Crippen molar-refractivity contribution in [1.82, 2.24) is 9.13 Å². The van der Waals surface area contributed by atoms with Crippen LogP contribution in [-0.2, 0) is 12.8 Å². The van der Waals surface area contributed by atoms with E-state index >= 15 is 0 Å². The van der Waals surface area contributed by atoms with Crippen LogP contribution in [0.25, 0.3) is 66.1 Å². The first-order valence-electron chi connectivity index (χ1n) is 20.5. The molecule has 3 heterocycles. The van der Waals surface area contributed by atoms with E-state index in [0.29, 0.717) is 0 Å². The average molecular weight is 754 g/mol. The molecule has 0 atom stereocenters. The Balaban J connectivity index is 1.24. The van der Waals surface area contributed by atoms with Crippen molar-refractivity contribution in [2.75, 3.05) is 4.90 Å². The molecule has 0 unspecified atom stereocenters. The molecule has 1 aliphatic heterocycles. The largest absolute Gasteiger partial charge is 0.310 e. The summed E-state index contributed by atoms with van der Waals surface area (Å²) in [5, 5.41) is 5.03. The second kappa shape index (κ2) is 13.5. The molecule has 0 saturated carbocycles. The van der Waals surface area contributed by atoms with E-state index in [1.807, 2.05) is 0 Å². The second-order valence-corrected chi connectivity index (χ2v) is 15.7. The highest BCUT2D eigenvalue weighted by atomic mass is 15.1. The summed E-state index contributed by atoms with van der Waals surface area (Å²) in [7, 11) is 0. The van der Waals surface area contributed by atoms with Crippen molar-refractivity contribution in [3.63, 3.8) is 0 Å². The van der Waals surface area contributed by atoms with Gasteiger partial charge in [0.2, 0.25) is 0 Å². The van der Waals surface area contributed by atoms with E-state index in [0.717, 1.165) is 29.9 Å². The van der Waals surface area contributed by atoms with Gasteiger partial charge in [-0.25, -0.2) is 0 Å². The highest BCUT2D eigenvalue weighted by Gasteiger charge is 2.25. The molecule has 0 N–H and O–H groups in total. The first-order chi connectivity index (χ1) is 29.3. The Bertz CT molecular complexity index is 3170. The maximum atomic E-state index is 2.51. The zero-order valence-electron chi connectivity index (χ0n) is 32.5. The van der Waals surface area contributed by atoms with Crippen molar-refractivity contribution in [2.45, 2.75) is 12.8 Å². The number of rotatable bonds is 3. The molecule has 1 aliphatic rings. The highest BCUT2D eigenvalue weighted by Crippen LogP contribution is 2.46. The third kappa shape index (κ3) is 5.36. The predicted octanol–water partition coefficient (Wildman–Crippen LogP) is 14.5. The van der Waals surface area contributed by atoms with Crippen LogP contribution in [-0.4, -0.2) is 9.13 Å². The quantitative estimate of drug-likeness (QED) is 0.175. The van der Waals surface area contributed by atoms with Crippen LogP contribution in [0.2, 0.25) is 0 Å². The van der Waals surface area contributed by atoms with Gasteiger partial charge in [0.25, 0.3) is 0 Å². The number of fused-ring (bicyclic) bond motifs is 11. The van der Waals surface area contributed by atoms with Crippen LogP contribution in [0.4, 0.5) is 17.1 Å². The molecule has 12 rings (SSSR count). The average Bonchev–Trinajstić information content (AvgIpc) is 3.79. The van der Waals surface area contributed by atoms with Crippen LogP contribution in [0.15, 0.2) is 212 Å². The predicted molar refractivity (Wildman–Crippen MR) is 247 cm³/mol. The standard InChI is InChI=1S/C56H39N3/c1-4-20-42(21-5-1)57-51-28-14-10-18-38(51)32-40-34-55-49(45-26-12-16-30-53(45)58(55)43-22-6-2-7-23-43)36-47(40)48-37-50-46-27-13-17-31-54(46)59(44-24-8-3-9-25-44)56(50)35-41(48)33-39-19-11-15-29-52(39)57/h1-31,34-37H,32-33H2. The molecular formula is C56H39N3. The fourth-order valence-corrected chi connectivity index (χ4v) is 9.77. The van der Waals surface area contributed by atoms with Crippen LogP contribution < -0.4 is 4.90 Å². The molecule has 2 aromatic heterocycles. The Morgan fingerprint density at radius 2 is 0.644 bits per heavy atom. The van der Waals surface area contributed by atoms with Crippen molar-refractivity contribution in [2.24, 2.45) is 0 Å². The molecule has 0 spiro atoms. The summed E-state index contributed by atoms with van der Waals surface area (Å²) < 4.78 is 4.90. The Labute approximate surface area is 343 Å². The van der Waals surface area contributed by atoms with E-state index in [-0.39, 0.29) is 0 Å². The molecule has 3 heteroatoms. The van der Waals surface area contributed by atoms with Crippen molar-refractivity contribution < 1.29 is 0 Å². The smallest absolute Gasteiger partial charge is 0.0544 e. The van der Waals surface area contributed by atoms with Crippen LogP contribution in [0.1, 0.15) is 22.3 Å². The molecule has 0 bridgehead atoms. The first-order valence-corrected chi connectivity index (χ1v) is 20.5. The van der Waals surface area contributed by atoms with Gasteiger partial charge in [0.15, 0.2) is 0 Å². The summed E-state index contributed by atoms with van der Waals surface area (Å²) in [5.74, 6) is 0. The number of hydrogen-bond acceptors (Lipinski definition) is 1. The van der Waals surface area contributed by atoms with Gasteiger partial charge < -0.3 is 14.0 Å². The molecular weight excluding hydrogens is 715 g/mol. The lowest BCUT2D eigenvalue weighted by Crippen LogP contribution is -2.14. The molecule has 0 amide bonds. The van der Waals surface area contributed by atoms with Gasteiger partial charge in [0.05, 0.1) is 22.1 Å². The number of aromatic nitrogens is 2. The molecule has 9 aromatic carbocycles. The van der Waals surface area contributed by atoms with Gasteiger partial charge >= 0.3 is 0 Å². The van der Waals surface area contributed by atoms with Gasteiger partial charge in [-0.3, -0.25) is 0 Å². The van der Waals surface area contributed by atoms with Crippen LogP contribution in [0.5, 0.6) is 0 Å². The Kier molecular flexibility index (Phi) is 7.67. The molecule has 278 valence electrons. The van der Waals surface area contributed by atoms with Crippen molar-refractivity contribution in [3.05, 3.63) is 235 Å². The fourth-order valence-electron chi connectivity index (χ4n) is 9.77. The van der Waals surface area contributed by atoms with Crippen molar-refractivity contribution in [1.29, 1.82) is 0 Å². The summed E-state index contributed by atoms with van der Waals surface area (Å²) >= 11 is 0. The summed E-state index contributed by atoms with van der Waals surface area (Å²) in [6.07, 6.45) is 1.51. The summed E-state index contributed by atoms with van der Waals surface area (Å²) in [5.41, 5.74) is 18.4. The number of benzene rings is 9. The minimum atomic E-state index is 0.756. The number of para-hydroxylation sites is 7. The van der Waals surface area contributed by atoms with E-state index in [2.05, 4.69) is 226 Å². The monoisotopic (exact) mass is 753 g/mol. The highest BCUT2D eigenvalue weighted by molar-refractivity contribution is 6.13. The third-order valence-corrected chi connectivity index (χ3v) is 12.4. The normalized spacial score (nSPS) is 12.6. The summed E-state index contributed by atoms with van der Waals surface area (Å²) in [6, 6.07) is 78.3. The van der Waals surface area contributed by atoms with E-state index in [4.69, 9.17) is 0 Å². The van der Waals surface area contributed by atoms with Gasteiger partial charge in [-0.15, -0.1) is 0 Å². The lowest BCUT2D eigenvalue weighted by Gasteiger charge is -2.29. The van der Waals surface area contributed by atoms with Crippen molar-refractivity contribution >= 4 is 60.7 Å². The van der Waals surface area contributed by atoms with E-state index in [1.165, 1.54) is 88.4 Å². The SMILES string of the molecule is c1ccc(N2c3ccccc3Cc3cc4c(cc3-c3cc5c6ccccc6n(-c6ccccc6)c5cc3Cc3ccccc32)c2ccccc2n4-c2ccccc2)cc1. The molecule has 11 aromatic rings. The Morgan fingerprint density at radius 1 is 0.271 bits per heavy atom. The lowest BCUT2D eigenvalue weighted by molar-refractivity contribution is 1.13. The van der Waals surface area contributed by atoms with Crippen molar-refractivity contribution in [3.8, 4) is 22.5 Å². The zero-order valence-corrected chi connectivity index (χ0v) is 32.5. The maximum absolute atomic E-state index is 2.51. The van der Waals surface area contributed by atoms with Crippen LogP contribution in [0.3, 0.4) is 0 Å². The minimum absolute atomic E-state index is 0.756. The fraction of sp³-hybridized carbons (Fsp3) is 0.0357.